The zero-order chi connectivity index (χ0) is 26.7. The van der Waals surface area contributed by atoms with E-state index in [0.717, 1.165) is 70.8 Å². The molecule has 3 aromatic carbocycles. The van der Waals surface area contributed by atoms with Gasteiger partial charge >= 0.3 is 5.97 Å². The summed E-state index contributed by atoms with van der Waals surface area (Å²) in [7, 11) is 0. The number of aryl methyl sites for hydroxylation is 2. The first-order chi connectivity index (χ1) is 18.4. The fourth-order valence-electron chi connectivity index (χ4n) is 5.21. The van der Waals surface area contributed by atoms with Gasteiger partial charge in [-0.15, -0.1) is 0 Å². The lowest BCUT2D eigenvalue weighted by molar-refractivity contribution is -0.146. The Kier molecular flexibility index (Phi) is 7.71. The molecule has 0 saturated heterocycles. The normalized spacial score (nSPS) is 14.7. The summed E-state index contributed by atoms with van der Waals surface area (Å²) in [5.41, 5.74) is 7.17. The van der Waals surface area contributed by atoms with Crippen LogP contribution in [0.4, 0.5) is 0 Å². The van der Waals surface area contributed by atoms with E-state index in [-0.39, 0.29) is 5.97 Å². The van der Waals surface area contributed by atoms with Crippen molar-refractivity contribution in [1.82, 2.24) is 5.16 Å². The molecule has 1 atom stereocenters. The smallest absolute Gasteiger partial charge is 0.316 e. The summed E-state index contributed by atoms with van der Waals surface area (Å²) in [6, 6.07) is 24.8. The van der Waals surface area contributed by atoms with Crippen LogP contribution in [0.25, 0.3) is 22.5 Å². The van der Waals surface area contributed by atoms with Crippen molar-refractivity contribution in [2.45, 2.75) is 58.3 Å². The van der Waals surface area contributed by atoms with E-state index < -0.39 is 5.41 Å². The molecule has 0 N–H and O–H groups in total. The highest BCUT2D eigenvalue weighted by Gasteiger charge is 2.52. The van der Waals surface area contributed by atoms with Crippen LogP contribution in [0.15, 0.2) is 77.3 Å². The van der Waals surface area contributed by atoms with E-state index in [0.29, 0.717) is 12.5 Å². The number of benzene rings is 3. The summed E-state index contributed by atoms with van der Waals surface area (Å²) in [5, 5.41) is 5.13. The Labute approximate surface area is 230 Å². The molecule has 1 heterocycles. The fraction of sp³-hybridized carbons (Fsp3) is 0.333. The van der Waals surface area contributed by atoms with Crippen molar-refractivity contribution >= 4 is 17.6 Å². The van der Waals surface area contributed by atoms with Crippen LogP contribution >= 0.6 is 11.6 Å². The van der Waals surface area contributed by atoms with Gasteiger partial charge in [0.25, 0.3) is 0 Å². The van der Waals surface area contributed by atoms with Crippen LogP contribution in [0.2, 0.25) is 5.02 Å². The van der Waals surface area contributed by atoms with Crippen molar-refractivity contribution in [3.63, 3.8) is 0 Å². The largest absolute Gasteiger partial charge is 0.465 e. The predicted octanol–water partition coefficient (Wildman–Crippen LogP) is 8.38. The van der Waals surface area contributed by atoms with E-state index >= 15 is 0 Å². The van der Waals surface area contributed by atoms with Crippen LogP contribution < -0.4 is 0 Å². The maximum atomic E-state index is 12.4. The van der Waals surface area contributed by atoms with Gasteiger partial charge < -0.3 is 9.26 Å². The van der Waals surface area contributed by atoms with E-state index in [1.165, 1.54) is 11.1 Å². The zero-order valence-corrected chi connectivity index (χ0v) is 23.1. The quantitative estimate of drug-likeness (QED) is 0.194. The minimum atomic E-state index is -0.441. The van der Waals surface area contributed by atoms with Crippen molar-refractivity contribution in [1.29, 1.82) is 0 Å². The van der Waals surface area contributed by atoms with Crippen LogP contribution in [-0.2, 0) is 27.8 Å². The fourth-order valence-corrected chi connectivity index (χ4v) is 5.44. The number of halogens is 1. The van der Waals surface area contributed by atoms with Gasteiger partial charge in [-0.3, -0.25) is 4.79 Å². The monoisotopic (exact) mass is 527 g/mol. The first-order valence-corrected chi connectivity index (χ1v) is 13.9. The topological polar surface area (TPSA) is 52.3 Å². The standard InChI is InChI=1S/C33H34ClNO3/c1-4-37-32(36)33(19-20-33)28-17-15-25(16-18-28)24-11-13-27(14-12-24)31-29(23(3)35-38-31)21-22(2)9-10-26-7-5-6-8-30(26)34/h5-8,11-18,22H,4,9-10,19-21H2,1-3H3. The number of hydrogen-bond donors (Lipinski definition) is 0. The average molecular weight is 528 g/mol. The SMILES string of the molecule is CCOC(=O)C1(c2ccc(-c3ccc(-c4onc(C)c4CC(C)CCc4ccccc4Cl)cc3)cc2)CC1. The molecule has 0 aliphatic heterocycles. The molecule has 1 saturated carbocycles. The molecule has 1 aliphatic carbocycles. The van der Waals surface area contributed by atoms with Crippen molar-refractivity contribution in [3.05, 3.63) is 100 Å². The average Bonchev–Trinajstić information content (AvgIpc) is 3.67. The highest BCUT2D eigenvalue weighted by molar-refractivity contribution is 6.31. The van der Waals surface area contributed by atoms with Gasteiger partial charge in [-0.25, -0.2) is 0 Å². The van der Waals surface area contributed by atoms with Crippen molar-refractivity contribution in [3.8, 4) is 22.5 Å². The van der Waals surface area contributed by atoms with Crippen molar-refractivity contribution in [2.24, 2.45) is 5.92 Å². The molecule has 1 fully saturated rings. The Bertz CT molecular complexity index is 1400. The molecule has 0 radical (unpaired) electrons. The number of rotatable bonds is 10. The van der Waals surface area contributed by atoms with Crippen molar-refractivity contribution < 1.29 is 14.1 Å². The van der Waals surface area contributed by atoms with Crippen LogP contribution in [-0.4, -0.2) is 17.7 Å². The molecular weight excluding hydrogens is 494 g/mol. The number of hydrogen-bond acceptors (Lipinski definition) is 4. The van der Waals surface area contributed by atoms with Gasteiger partial charge in [0, 0.05) is 16.1 Å². The first kappa shape index (κ1) is 26.2. The number of carbonyl (C=O) groups is 1. The Hall–Kier alpha value is -3.37. The lowest BCUT2D eigenvalue weighted by atomic mass is 9.91. The Morgan fingerprint density at radius 1 is 1.00 bits per heavy atom. The summed E-state index contributed by atoms with van der Waals surface area (Å²) in [4.78, 5) is 12.4. The van der Waals surface area contributed by atoms with Crippen LogP contribution in [0.3, 0.4) is 0 Å². The number of esters is 1. The molecular formula is C33H34ClNO3. The molecule has 1 aliphatic rings. The molecule has 4 aromatic rings. The van der Waals surface area contributed by atoms with Crippen LogP contribution in [0.1, 0.15) is 55.5 Å². The number of carbonyl (C=O) groups excluding carboxylic acids is 1. The summed E-state index contributed by atoms with van der Waals surface area (Å²) < 4.78 is 11.1. The van der Waals surface area contributed by atoms with Gasteiger partial charge in [0.2, 0.25) is 0 Å². The molecule has 1 unspecified atom stereocenters. The second-order valence-electron chi connectivity index (χ2n) is 10.5. The van der Waals surface area contributed by atoms with Gasteiger partial charge in [0.15, 0.2) is 5.76 Å². The lowest BCUT2D eigenvalue weighted by Gasteiger charge is -2.15. The Morgan fingerprint density at radius 3 is 2.26 bits per heavy atom. The van der Waals surface area contributed by atoms with E-state index in [4.69, 9.17) is 20.9 Å². The number of nitrogens with zero attached hydrogens (tertiary/aromatic N) is 1. The summed E-state index contributed by atoms with van der Waals surface area (Å²) >= 11 is 6.35. The van der Waals surface area contributed by atoms with E-state index in [1.807, 2.05) is 32.0 Å². The van der Waals surface area contributed by atoms with E-state index in [1.54, 1.807) is 0 Å². The third-order valence-electron chi connectivity index (χ3n) is 7.74. The summed E-state index contributed by atoms with van der Waals surface area (Å²) in [6.07, 6.45) is 4.62. The Balaban J connectivity index is 1.27. The highest BCUT2D eigenvalue weighted by Crippen LogP contribution is 2.49. The first-order valence-electron chi connectivity index (χ1n) is 13.5. The number of ether oxygens (including phenoxy) is 1. The molecule has 1 aromatic heterocycles. The number of aromatic nitrogens is 1. The minimum Gasteiger partial charge on any atom is -0.465 e. The molecule has 0 amide bonds. The van der Waals surface area contributed by atoms with Gasteiger partial charge in [-0.05, 0) is 80.2 Å². The maximum absolute atomic E-state index is 12.4. The highest BCUT2D eigenvalue weighted by atomic mass is 35.5. The summed E-state index contributed by atoms with van der Waals surface area (Å²) in [6.45, 7) is 6.56. The molecule has 38 heavy (non-hydrogen) atoms. The molecule has 5 heteroatoms. The predicted molar refractivity (Wildman–Crippen MR) is 152 cm³/mol. The maximum Gasteiger partial charge on any atom is 0.316 e. The van der Waals surface area contributed by atoms with Crippen LogP contribution in [0.5, 0.6) is 0 Å². The third kappa shape index (κ3) is 5.42. The van der Waals surface area contributed by atoms with Gasteiger partial charge in [-0.2, -0.15) is 0 Å². The molecule has 5 rings (SSSR count). The second-order valence-corrected chi connectivity index (χ2v) is 10.9. The molecule has 4 nitrogen and oxygen atoms in total. The van der Waals surface area contributed by atoms with E-state index in [9.17, 15) is 4.79 Å². The minimum absolute atomic E-state index is 0.103. The molecule has 196 valence electrons. The lowest BCUT2D eigenvalue weighted by Crippen LogP contribution is -2.23. The molecule has 0 spiro atoms. The van der Waals surface area contributed by atoms with Gasteiger partial charge in [0.05, 0.1) is 17.7 Å². The van der Waals surface area contributed by atoms with Crippen LogP contribution in [0, 0.1) is 12.8 Å². The van der Waals surface area contributed by atoms with Crippen molar-refractivity contribution in [2.75, 3.05) is 6.61 Å². The van der Waals surface area contributed by atoms with Gasteiger partial charge in [-0.1, -0.05) is 90.4 Å². The molecule has 0 bridgehead atoms. The Morgan fingerprint density at radius 2 is 1.63 bits per heavy atom. The van der Waals surface area contributed by atoms with E-state index in [2.05, 4.69) is 66.7 Å². The van der Waals surface area contributed by atoms with Gasteiger partial charge in [0.1, 0.15) is 0 Å². The third-order valence-corrected chi connectivity index (χ3v) is 8.10. The zero-order valence-electron chi connectivity index (χ0n) is 22.3. The summed E-state index contributed by atoms with van der Waals surface area (Å²) in [5.74, 6) is 1.21. The second kappa shape index (κ2) is 11.2.